The number of aliphatic carboxylic acids is 1. The molecule has 0 aromatic carbocycles. The molecule has 3 rings (SSSR count). The van der Waals surface area contributed by atoms with Gasteiger partial charge in [0, 0.05) is 6.42 Å². The highest BCUT2D eigenvalue weighted by Gasteiger charge is 2.57. The molecule has 3 aliphatic carbocycles. The first kappa shape index (κ1) is 19.9. The predicted octanol–water partition coefficient (Wildman–Crippen LogP) is 3.19. The summed E-state index contributed by atoms with van der Waals surface area (Å²) in [6, 6.07) is 0. The SMILES string of the molecule is CC(C)=C1[C@H]2CC[C@H]1[C@@H](C(=O)NNC(=O)CCC1CCCCC1)[C@H]2C(=O)O. The number of carboxylic acids is 1. The van der Waals surface area contributed by atoms with Gasteiger partial charge in [-0.1, -0.05) is 43.3 Å². The van der Waals surface area contributed by atoms with E-state index in [2.05, 4.69) is 10.9 Å². The number of carboxylic acid groups (broad SMARTS) is 1. The molecule has 0 unspecified atom stereocenters. The Balaban J connectivity index is 1.54. The Morgan fingerprint density at radius 3 is 2.15 bits per heavy atom. The largest absolute Gasteiger partial charge is 0.481 e. The molecule has 3 aliphatic rings. The number of carbonyl (C=O) groups is 3. The molecule has 3 N–H and O–H groups in total. The Bertz CT molecular complexity index is 632. The minimum atomic E-state index is -0.912. The van der Waals surface area contributed by atoms with E-state index >= 15 is 0 Å². The third-order valence-corrected chi connectivity index (χ3v) is 6.84. The van der Waals surface area contributed by atoms with Gasteiger partial charge in [-0.05, 0) is 50.9 Å². The van der Waals surface area contributed by atoms with E-state index in [9.17, 15) is 19.5 Å². The molecule has 2 amide bonds. The van der Waals surface area contributed by atoms with Gasteiger partial charge in [0.15, 0.2) is 0 Å². The van der Waals surface area contributed by atoms with E-state index in [1.54, 1.807) is 0 Å². The molecule has 0 aromatic rings. The third-order valence-electron chi connectivity index (χ3n) is 6.84. The van der Waals surface area contributed by atoms with Gasteiger partial charge in [-0.3, -0.25) is 25.2 Å². The normalized spacial score (nSPS) is 30.2. The van der Waals surface area contributed by atoms with Gasteiger partial charge >= 0.3 is 5.97 Å². The Morgan fingerprint density at radius 1 is 0.926 bits per heavy atom. The standard InChI is InChI=1S/C21H32N2O4/c1-12(2)17-14-9-10-15(17)19(21(26)27)18(14)20(25)23-22-16(24)11-8-13-6-4-3-5-7-13/h13-15,18-19H,3-11H2,1-2H3,(H,22,24)(H,23,25)(H,26,27)/t14-,15-,18-,19+/m1/s1. The lowest BCUT2D eigenvalue weighted by Gasteiger charge is -2.26. The summed E-state index contributed by atoms with van der Waals surface area (Å²) in [6.45, 7) is 3.99. The first-order chi connectivity index (χ1) is 12.9. The lowest BCUT2D eigenvalue weighted by Crippen LogP contribution is -2.48. The number of hydrogen-bond donors (Lipinski definition) is 3. The highest BCUT2D eigenvalue weighted by atomic mass is 16.4. The van der Waals surface area contributed by atoms with Gasteiger partial charge in [0.1, 0.15) is 0 Å². The summed E-state index contributed by atoms with van der Waals surface area (Å²) in [7, 11) is 0. The Labute approximate surface area is 161 Å². The maximum Gasteiger partial charge on any atom is 0.307 e. The van der Waals surface area contributed by atoms with E-state index in [-0.39, 0.29) is 23.7 Å². The summed E-state index contributed by atoms with van der Waals surface area (Å²) in [5.74, 6) is -2.19. The number of nitrogens with one attached hydrogen (secondary N) is 2. The zero-order valence-corrected chi connectivity index (χ0v) is 16.4. The quantitative estimate of drug-likeness (QED) is 0.507. The van der Waals surface area contributed by atoms with Crippen LogP contribution < -0.4 is 10.9 Å². The fraction of sp³-hybridized carbons (Fsp3) is 0.762. The van der Waals surface area contributed by atoms with E-state index < -0.39 is 17.8 Å². The molecular weight excluding hydrogens is 344 g/mol. The number of carbonyl (C=O) groups excluding carboxylic acids is 2. The van der Waals surface area contributed by atoms with Crippen LogP contribution in [0.4, 0.5) is 0 Å². The Kier molecular flexibility index (Phi) is 6.22. The number of fused-ring (bicyclic) bond motifs is 2. The first-order valence-corrected chi connectivity index (χ1v) is 10.4. The molecule has 3 saturated carbocycles. The first-order valence-electron chi connectivity index (χ1n) is 10.4. The van der Waals surface area contributed by atoms with Crippen LogP contribution in [-0.4, -0.2) is 22.9 Å². The lowest BCUT2D eigenvalue weighted by atomic mass is 9.79. The monoisotopic (exact) mass is 376 g/mol. The number of rotatable bonds is 5. The van der Waals surface area contributed by atoms with Gasteiger partial charge in [0.05, 0.1) is 11.8 Å². The molecule has 0 spiro atoms. The second-order valence-electron chi connectivity index (χ2n) is 8.72. The Morgan fingerprint density at radius 2 is 1.56 bits per heavy atom. The van der Waals surface area contributed by atoms with Crippen molar-refractivity contribution in [3.63, 3.8) is 0 Å². The van der Waals surface area contributed by atoms with Crippen LogP contribution in [0, 0.1) is 29.6 Å². The molecule has 6 heteroatoms. The summed E-state index contributed by atoms with van der Waals surface area (Å²) in [6.07, 6.45) is 9.11. The second kappa shape index (κ2) is 8.44. The summed E-state index contributed by atoms with van der Waals surface area (Å²) in [5, 5.41) is 9.67. The highest BCUT2D eigenvalue weighted by molar-refractivity contribution is 5.89. The van der Waals surface area contributed by atoms with Crippen LogP contribution in [0.25, 0.3) is 0 Å². The molecule has 6 nitrogen and oxygen atoms in total. The fourth-order valence-electron chi connectivity index (χ4n) is 5.69. The average molecular weight is 376 g/mol. The van der Waals surface area contributed by atoms with E-state index in [4.69, 9.17) is 0 Å². The molecule has 0 aromatic heterocycles. The van der Waals surface area contributed by atoms with Crippen molar-refractivity contribution in [2.24, 2.45) is 29.6 Å². The maximum absolute atomic E-state index is 12.7. The van der Waals surface area contributed by atoms with Gasteiger partial charge in [-0.25, -0.2) is 0 Å². The van der Waals surface area contributed by atoms with Crippen molar-refractivity contribution in [3.05, 3.63) is 11.1 Å². The smallest absolute Gasteiger partial charge is 0.307 e. The van der Waals surface area contributed by atoms with Crippen LogP contribution in [0.5, 0.6) is 0 Å². The average Bonchev–Trinajstić information content (AvgIpc) is 3.21. The van der Waals surface area contributed by atoms with E-state index in [1.165, 1.54) is 32.1 Å². The van der Waals surface area contributed by atoms with Crippen molar-refractivity contribution in [2.45, 2.75) is 71.6 Å². The molecule has 0 heterocycles. The van der Waals surface area contributed by atoms with Crippen molar-refractivity contribution in [1.82, 2.24) is 10.9 Å². The predicted molar refractivity (Wildman–Crippen MR) is 101 cm³/mol. The lowest BCUT2D eigenvalue weighted by molar-refractivity contribution is -0.149. The van der Waals surface area contributed by atoms with Crippen molar-refractivity contribution >= 4 is 17.8 Å². The summed E-state index contributed by atoms with van der Waals surface area (Å²) < 4.78 is 0. The van der Waals surface area contributed by atoms with Crippen molar-refractivity contribution in [1.29, 1.82) is 0 Å². The van der Waals surface area contributed by atoms with Crippen LogP contribution >= 0.6 is 0 Å². The van der Waals surface area contributed by atoms with Gasteiger partial charge in [-0.2, -0.15) is 0 Å². The van der Waals surface area contributed by atoms with Gasteiger partial charge < -0.3 is 5.11 Å². The van der Waals surface area contributed by atoms with Gasteiger partial charge in [-0.15, -0.1) is 0 Å². The van der Waals surface area contributed by atoms with Crippen molar-refractivity contribution in [3.8, 4) is 0 Å². The molecular formula is C21H32N2O4. The summed E-state index contributed by atoms with van der Waals surface area (Å²) >= 11 is 0. The fourth-order valence-corrected chi connectivity index (χ4v) is 5.69. The van der Waals surface area contributed by atoms with Gasteiger partial charge in [0.2, 0.25) is 11.8 Å². The topological polar surface area (TPSA) is 95.5 Å². The zero-order chi connectivity index (χ0) is 19.6. The molecule has 150 valence electrons. The minimum Gasteiger partial charge on any atom is -0.481 e. The highest BCUT2D eigenvalue weighted by Crippen LogP contribution is 2.57. The molecule has 0 radical (unpaired) electrons. The van der Waals surface area contributed by atoms with Crippen LogP contribution in [-0.2, 0) is 14.4 Å². The number of allylic oxidation sites excluding steroid dienone is 2. The zero-order valence-electron chi connectivity index (χ0n) is 16.4. The van der Waals surface area contributed by atoms with Crippen LogP contribution in [0.15, 0.2) is 11.1 Å². The van der Waals surface area contributed by atoms with Crippen molar-refractivity contribution < 1.29 is 19.5 Å². The molecule has 4 atom stereocenters. The summed E-state index contributed by atoms with van der Waals surface area (Å²) in [4.78, 5) is 36.6. The molecule has 3 fully saturated rings. The minimum absolute atomic E-state index is 0.0137. The molecule has 0 aliphatic heterocycles. The summed E-state index contributed by atoms with van der Waals surface area (Å²) in [5.41, 5.74) is 7.30. The van der Waals surface area contributed by atoms with Gasteiger partial charge in [0.25, 0.3) is 0 Å². The van der Waals surface area contributed by atoms with E-state index in [1.807, 2.05) is 13.8 Å². The van der Waals surface area contributed by atoms with Crippen LogP contribution in [0.2, 0.25) is 0 Å². The molecule has 0 saturated heterocycles. The molecule has 27 heavy (non-hydrogen) atoms. The van der Waals surface area contributed by atoms with Crippen LogP contribution in [0.3, 0.4) is 0 Å². The van der Waals surface area contributed by atoms with Crippen molar-refractivity contribution in [2.75, 3.05) is 0 Å². The second-order valence-corrected chi connectivity index (χ2v) is 8.72. The van der Waals surface area contributed by atoms with E-state index in [0.29, 0.717) is 12.3 Å². The number of hydrazine groups is 1. The number of amides is 2. The Hall–Kier alpha value is -1.85. The number of hydrogen-bond acceptors (Lipinski definition) is 3. The van der Waals surface area contributed by atoms with Crippen LogP contribution in [0.1, 0.15) is 71.6 Å². The maximum atomic E-state index is 12.7. The van der Waals surface area contributed by atoms with E-state index in [0.717, 1.165) is 30.4 Å². The third kappa shape index (κ3) is 4.19. The molecule has 2 bridgehead atoms.